The first kappa shape index (κ1) is 18.7. The summed E-state index contributed by atoms with van der Waals surface area (Å²) in [6.07, 6.45) is -2.05. The monoisotopic (exact) mass is 384 g/mol. The highest BCUT2D eigenvalue weighted by molar-refractivity contribution is 7.99. The Labute approximate surface area is 153 Å². The fourth-order valence-corrected chi connectivity index (χ4v) is 3.28. The van der Waals surface area contributed by atoms with Gasteiger partial charge in [0.1, 0.15) is 0 Å². The zero-order chi connectivity index (χ0) is 18.7. The average molecular weight is 384 g/mol. The van der Waals surface area contributed by atoms with Gasteiger partial charge in [0.2, 0.25) is 5.88 Å². The van der Waals surface area contributed by atoms with Crippen molar-refractivity contribution in [2.45, 2.75) is 25.4 Å². The summed E-state index contributed by atoms with van der Waals surface area (Å²) in [6, 6.07) is 4.89. The van der Waals surface area contributed by atoms with Crippen molar-refractivity contribution in [1.29, 1.82) is 0 Å². The van der Waals surface area contributed by atoms with Gasteiger partial charge in [0.25, 0.3) is 0 Å². The van der Waals surface area contributed by atoms with Crippen LogP contribution in [0.3, 0.4) is 0 Å². The molecule has 0 fully saturated rings. The molecule has 2 N–H and O–H groups in total. The molecule has 1 atom stereocenters. The molecule has 1 aliphatic heterocycles. The number of hydrogen-bond donors (Lipinski definition) is 2. The van der Waals surface area contributed by atoms with Crippen LogP contribution in [0.4, 0.5) is 19.1 Å². The van der Waals surface area contributed by atoms with Crippen LogP contribution < -0.4 is 5.32 Å². The summed E-state index contributed by atoms with van der Waals surface area (Å²) in [4.78, 5) is 4.15. The fraction of sp³-hybridized carbons (Fsp3) is 0.389. The number of nitrogens with one attached hydrogen (secondary N) is 1. The third-order valence-corrected chi connectivity index (χ3v) is 4.87. The number of alkyl halides is 3. The largest absolute Gasteiger partial charge is 0.504 e. The zero-order valence-electron chi connectivity index (χ0n) is 14.1. The lowest BCUT2D eigenvalue weighted by Gasteiger charge is -2.10. The number of aliphatic imine (C=N–C) groups is 1. The highest BCUT2D eigenvalue weighted by Crippen LogP contribution is 2.46. The Morgan fingerprint density at radius 1 is 1.38 bits per heavy atom. The van der Waals surface area contributed by atoms with Crippen LogP contribution in [0.25, 0.3) is 11.1 Å². The van der Waals surface area contributed by atoms with Crippen molar-refractivity contribution in [2.24, 2.45) is 4.99 Å². The van der Waals surface area contributed by atoms with E-state index < -0.39 is 11.7 Å². The SMILES string of the molecule is CCSCNc1oc(C2C=NCC2)c(O)c1-c1cccc(C(F)(F)F)c1. The summed E-state index contributed by atoms with van der Waals surface area (Å²) in [5, 5.41) is 13.8. The van der Waals surface area contributed by atoms with Gasteiger partial charge in [0.15, 0.2) is 11.5 Å². The predicted octanol–water partition coefficient (Wildman–Crippen LogP) is 5.35. The maximum atomic E-state index is 13.1. The lowest BCUT2D eigenvalue weighted by Crippen LogP contribution is -2.04. The van der Waals surface area contributed by atoms with Crippen LogP contribution in [0.1, 0.15) is 30.6 Å². The van der Waals surface area contributed by atoms with E-state index in [0.29, 0.717) is 24.6 Å². The van der Waals surface area contributed by atoms with Crippen molar-refractivity contribution in [3.05, 3.63) is 35.6 Å². The van der Waals surface area contributed by atoms with Crippen LogP contribution in [0.5, 0.6) is 5.75 Å². The number of nitrogens with zero attached hydrogens (tertiary/aromatic N) is 1. The van der Waals surface area contributed by atoms with E-state index in [2.05, 4.69) is 10.3 Å². The molecule has 2 heterocycles. The Balaban J connectivity index is 2.05. The molecular formula is C18H19F3N2O2S. The molecule has 1 aromatic carbocycles. The van der Waals surface area contributed by atoms with E-state index in [9.17, 15) is 18.3 Å². The molecule has 1 unspecified atom stereocenters. The van der Waals surface area contributed by atoms with Crippen molar-refractivity contribution in [3.63, 3.8) is 0 Å². The van der Waals surface area contributed by atoms with Crippen molar-refractivity contribution < 1.29 is 22.7 Å². The Hall–Kier alpha value is -2.09. The smallest absolute Gasteiger partial charge is 0.416 e. The van der Waals surface area contributed by atoms with Gasteiger partial charge < -0.3 is 14.8 Å². The van der Waals surface area contributed by atoms with E-state index in [1.807, 2.05) is 6.92 Å². The maximum Gasteiger partial charge on any atom is 0.416 e. The van der Waals surface area contributed by atoms with Crippen LogP contribution in [0.2, 0.25) is 0 Å². The molecular weight excluding hydrogens is 365 g/mol. The molecule has 140 valence electrons. The normalized spacial score (nSPS) is 17.0. The molecule has 2 aromatic rings. The molecule has 0 saturated heterocycles. The Morgan fingerprint density at radius 2 is 2.19 bits per heavy atom. The summed E-state index contributed by atoms with van der Waals surface area (Å²) in [6.45, 7) is 2.64. The molecule has 0 radical (unpaired) electrons. The summed E-state index contributed by atoms with van der Waals surface area (Å²) in [7, 11) is 0. The minimum absolute atomic E-state index is 0.133. The third-order valence-electron chi connectivity index (χ3n) is 4.12. The molecule has 0 saturated carbocycles. The van der Waals surface area contributed by atoms with Crippen molar-refractivity contribution in [2.75, 3.05) is 23.5 Å². The number of anilines is 1. The highest BCUT2D eigenvalue weighted by Gasteiger charge is 2.32. The van der Waals surface area contributed by atoms with Gasteiger partial charge in [0.05, 0.1) is 22.9 Å². The molecule has 0 aliphatic carbocycles. The summed E-state index contributed by atoms with van der Waals surface area (Å²) < 4.78 is 45.0. The number of furan rings is 1. The second kappa shape index (κ2) is 7.65. The third kappa shape index (κ3) is 3.85. The summed E-state index contributed by atoms with van der Waals surface area (Å²) in [5.74, 6) is 1.70. The number of rotatable bonds is 6. The van der Waals surface area contributed by atoms with Crippen LogP contribution in [-0.4, -0.2) is 29.5 Å². The Kier molecular flexibility index (Phi) is 5.50. The second-order valence-electron chi connectivity index (χ2n) is 5.86. The maximum absolute atomic E-state index is 13.1. The van der Waals surface area contributed by atoms with E-state index in [-0.39, 0.29) is 28.7 Å². The molecule has 0 spiro atoms. The van der Waals surface area contributed by atoms with Crippen LogP contribution >= 0.6 is 11.8 Å². The van der Waals surface area contributed by atoms with Gasteiger partial charge >= 0.3 is 6.18 Å². The quantitative estimate of drug-likeness (QED) is 0.521. The van der Waals surface area contributed by atoms with Crippen molar-refractivity contribution >= 4 is 23.9 Å². The molecule has 3 rings (SSSR count). The Morgan fingerprint density at radius 3 is 2.85 bits per heavy atom. The number of thioether (sulfide) groups is 1. The first-order valence-electron chi connectivity index (χ1n) is 8.26. The first-order chi connectivity index (χ1) is 12.4. The molecule has 1 aromatic heterocycles. The standard InChI is InChI=1S/C18H19F3N2O2S/c1-2-26-10-23-17-14(11-4-3-5-13(8-11)18(19,20)21)15(24)16(25-17)12-6-7-22-9-12/h3-5,8-9,12,23-24H,2,6-7,10H2,1H3. The van der Waals surface area contributed by atoms with Gasteiger partial charge in [-0.3, -0.25) is 4.99 Å². The van der Waals surface area contributed by atoms with Gasteiger partial charge in [-0.25, -0.2) is 0 Å². The minimum atomic E-state index is -4.46. The first-order valence-corrected chi connectivity index (χ1v) is 9.42. The van der Waals surface area contributed by atoms with Gasteiger partial charge in [-0.1, -0.05) is 19.1 Å². The minimum Gasteiger partial charge on any atom is -0.504 e. The molecule has 4 nitrogen and oxygen atoms in total. The van der Waals surface area contributed by atoms with E-state index in [1.165, 1.54) is 12.1 Å². The van der Waals surface area contributed by atoms with Crippen molar-refractivity contribution in [3.8, 4) is 16.9 Å². The predicted molar refractivity (Wildman–Crippen MR) is 98.1 cm³/mol. The fourth-order valence-electron chi connectivity index (χ4n) is 2.84. The van der Waals surface area contributed by atoms with Crippen LogP contribution in [-0.2, 0) is 6.18 Å². The lowest BCUT2D eigenvalue weighted by atomic mass is 10.00. The summed E-state index contributed by atoms with van der Waals surface area (Å²) >= 11 is 1.60. The van der Waals surface area contributed by atoms with Gasteiger partial charge in [-0.05, 0) is 29.9 Å². The van der Waals surface area contributed by atoms with Gasteiger partial charge in [-0.2, -0.15) is 13.2 Å². The van der Waals surface area contributed by atoms with Crippen molar-refractivity contribution in [1.82, 2.24) is 0 Å². The molecule has 1 aliphatic rings. The average Bonchev–Trinajstić information content (AvgIpc) is 3.22. The van der Waals surface area contributed by atoms with Gasteiger partial charge in [-0.15, -0.1) is 11.8 Å². The van der Waals surface area contributed by atoms with Crippen LogP contribution in [0, 0.1) is 0 Å². The number of aromatic hydroxyl groups is 1. The van der Waals surface area contributed by atoms with E-state index in [0.717, 1.165) is 17.9 Å². The lowest BCUT2D eigenvalue weighted by molar-refractivity contribution is -0.137. The van der Waals surface area contributed by atoms with E-state index in [4.69, 9.17) is 4.42 Å². The van der Waals surface area contributed by atoms with E-state index in [1.54, 1.807) is 18.0 Å². The number of benzene rings is 1. The highest BCUT2D eigenvalue weighted by atomic mass is 32.2. The Bertz CT molecular complexity index is 802. The topological polar surface area (TPSA) is 57.8 Å². The zero-order valence-corrected chi connectivity index (χ0v) is 15.0. The molecule has 0 bridgehead atoms. The molecule has 8 heteroatoms. The summed E-state index contributed by atoms with van der Waals surface area (Å²) in [5.41, 5.74) is -0.261. The van der Waals surface area contributed by atoms with Crippen LogP contribution in [0.15, 0.2) is 33.7 Å². The number of hydrogen-bond acceptors (Lipinski definition) is 5. The second-order valence-corrected chi connectivity index (χ2v) is 7.14. The van der Waals surface area contributed by atoms with Gasteiger partial charge in [0, 0.05) is 12.8 Å². The van der Waals surface area contributed by atoms with E-state index >= 15 is 0 Å². The number of halogens is 3. The molecule has 26 heavy (non-hydrogen) atoms. The molecule has 0 amide bonds.